The maximum absolute atomic E-state index is 5.89. The van der Waals surface area contributed by atoms with Gasteiger partial charge < -0.3 is 4.90 Å². The lowest BCUT2D eigenvalue weighted by Crippen LogP contribution is -2.61. The summed E-state index contributed by atoms with van der Waals surface area (Å²) in [6.07, 6.45) is 3.11. The molecule has 114 valence electrons. The number of rotatable bonds is 7. The third-order valence-electron chi connectivity index (χ3n) is 4.98. The topological polar surface area (TPSA) is 41.3 Å². The summed E-state index contributed by atoms with van der Waals surface area (Å²) in [5, 5.41) is 0. The number of hydrazine groups is 1. The molecule has 3 heteroatoms. The Kier molecular flexibility index (Phi) is 6.18. The Hall–Kier alpha value is -0.900. The van der Waals surface area contributed by atoms with Crippen LogP contribution in [0.3, 0.4) is 0 Å². The number of likely N-dealkylation sites (N-methyl/N-ethyl adjacent to an activating group) is 1. The normalized spacial score (nSPS) is 13.8. The third-order valence-corrected chi connectivity index (χ3v) is 4.98. The maximum Gasteiger partial charge on any atom is 0.0434 e. The molecule has 1 unspecified atom stereocenters. The quantitative estimate of drug-likeness (QED) is 0.595. The van der Waals surface area contributed by atoms with Crippen molar-refractivity contribution in [3.05, 3.63) is 34.9 Å². The highest BCUT2D eigenvalue weighted by Crippen LogP contribution is 2.28. The molecule has 0 aromatic heterocycles. The number of nitrogens with two attached hydrogens (primary N) is 1. The molecular formula is C17H31N3. The zero-order chi connectivity index (χ0) is 15.3. The Morgan fingerprint density at radius 1 is 1.15 bits per heavy atom. The average molecular weight is 277 g/mol. The van der Waals surface area contributed by atoms with Gasteiger partial charge in [0.15, 0.2) is 0 Å². The van der Waals surface area contributed by atoms with E-state index in [9.17, 15) is 0 Å². The second kappa shape index (κ2) is 7.21. The van der Waals surface area contributed by atoms with Crippen molar-refractivity contribution in [1.29, 1.82) is 0 Å². The Morgan fingerprint density at radius 3 is 2.15 bits per heavy atom. The van der Waals surface area contributed by atoms with Crippen LogP contribution in [0.4, 0.5) is 0 Å². The van der Waals surface area contributed by atoms with Crippen LogP contribution in [0.15, 0.2) is 18.2 Å². The first kappa shape index (κ1) is 17.2. The number of benzene rings is 1. The predicted octanol–water partition coefficient (Wildman–Crippen LogP) is 2.80. The number of nitrogens with zero attached hydrogens (tertiary/aromatic N) is 1. The number of nitrogens with one attached hydrogen (secondary N) is 1. The van der Waals surface area contributed by atoms with E-state index in [0.717, 1.165) is 19.3 Å². The van der Waals surface area contributed by atoms with E-state index in [1.165, 1.54) is 16.7 Å². The van der Waals surface area contributed by atoms with Gasteiger partial charge in [0.2, 0.25) is 0 Å². The molecule has 1 atom stereocenters. The fourth-order valence-electron chi connectivity index (χ4n) is 3.26. The van der Waals surface area contributed by atoms with Crippen LogP contribution in [0, 0.1) is 13.8 Å². The maximum atomic E-state index is 5.89. The van der Waals surface area contributed by atoms with Crippen LogP contribution in [0.5, 0.6) is 0 Å². The largest absolute Gasteiger partial charge is 0.302 e. The minimum Gasteiger partial charge on any atom is -0.302 e. The van der Waals surface area contributed by atoms with Crippen LogP contribution in [-0.2, 0) is 6.42 Å². The molecule has 0 aliphatic carbocycles. The van der Waals surface area contributed by atoms with Crippen molar-refractivity contribution in [1.82, 2.24) is 10.3 Å². The highest BCUT2D eigenvalue weighted by Gasteiger charge is 2.37. The van der Waals surface area contributed by atoms with Gasteiger partial charge in [-0.05, 0) is 63.9 Å². The predicted molar refractivity (Wildman–Crippen MR) is 87.7 cm³/mol. The molecule has 0 saturated heterocycles. The Balaban J connectivity index is 3.03. The van der Waals surface area contributed by atoms with Gasteiger partial charge in [-0.1, -0.05) is 32.0 Å². The summed E-state index contributed by atoms with van der Waals surface area (Å²) in [4.78, 5) is 2.32. The first-order chi connectivity index (χ1) is 9.41. The molecule has 0 amide bonds. The van der Waals surface area contributed by atoms with Gasteiger partial charge >= 0.3 is 0 Å². The molecule has 20 heavy (non-hydrogen) atoms. The van der Waals surface area contributed by atoms with Crippen molar-refractivity contribution in [2.24, 2.45) is 5.84 Å². The Bertz CT molecular complexity index is 422. The molecular weight excluding hydrogens is 246 g/mol. The van der Waals surface area contributed by atoms with Gasteiger partial charge in [0.25, 0.3) is 0 Å². The van der Waals surface area contributed by atoms with Gasteiger partial charge in [-0.15, -0.1) is 0 Å². The molecule has 3 N–H and O–H groups in total. The van der Waals surface area contributed by atoms with Crippen molar-refractivity contribution >= 4 is 0 Å². The lowest BCUT2D eigenvalue weighted by Gasteiger charge is -2.45. The first-order valence-corrected chi connectivity index (χ1v) is 7.61. The number of hydrogen-bond acceptors (Lipinski definition) is 3. The van der Waals surface area contributed by atoms with E-state index in [1.807, 2.05) is 0 Å². The van der Waals surface area contributed by atoms with Crippen molar-refractivity contribution in [3.63, 3.8) is 0 Å². The molecule has 1 aromatic rings. The second-order valence-corrected chi connectivity index (χ2v) is 6.05. The molecule has 3 nitrogen and oxygen atoms in total. The number of aryl methyl sites for hydroxylation is 2. The SMILES string of the molecule is CCC(CC)(C(Cc1ccc(C)c(C)c1)NN)N(C)C. The Labute approximate surface area is 124 Å². The lowest BCUT2D eigenvalue weighted by molar-refractivity contribution is 0.0882. The van der Waals surface area contributed by atoms with E-state index in [0.29, 0.717) is 0 Å². The summed E-state index contributed by atoms with van der Waals surface area (Å²) < 4.78 is 0. The monoisotopic (exact) mass is 277 g/mol. The summed E-state index contributed by atoms with van der Waals surface area (Å²) in [6.45, 7) is 8.81. The average Bonchev–Trinajstić information content (AvgIpc) is 2.43. The summed E-state index contributed by atoms with van der Waals surface area (Å²) in [7, 11) is 4.30. The van der Waals surface area contributed by atoms with Crippen LogP contribution in [0.25, 0.3) is 0 Å². The van der Waals surface area contributed by atoms with E-state index in [-0.39, 0.29) is 11.6 Å². The van der Waals surface area contributed by atoms with E-state index in [1.54, 1.807) is 0 Å². The summed E-state index contributed by atoms with van der Waals surface area (Å²) >= 11 is 0. The fourth-order valence-corrected chi connectivity index (χ4v) is 3.26. The van der Waals surface area contributed by atoms with Gasteiger partial charge in [-0.2, -0.15) is 0 Å². The van der Waals surface area contributed by atoms with Gasteiger partial charge in [-0.25, -0.2) is 0 Å². The molecule has 0 radical (unpaired) electrons. The Morgan fingerprint density at radius 2 is 1.75 bits per heavy atom. The highest BCUT2D eigenvalue weighted by atomic mass is 15.3. The van der Waals surface area contributed by atoms with Crippen molar-refractivity contribution in [2.45, 2.75) is 58.5 Å². The van der Waals surface area contributed by atoms with E-state index < -0.39 is 0 Å². The zero-order valence-electron chi connectivity index (χ0n) is 14.0. The van der Waals surface area contributed by atoms with Crippen LogP contribution in [0.1, 0.15) is 43.4 Å². The van der Waals surface area contributed by atoms with E-state index in [4.69, 9.17) is 5.84 Å². The lowest BCUT2D eigenvalue weighted by atomic mass is 9.80. The van der Waals surface area contributed by atoms with Gasteiger partial charge in [0.1, 0.15) is 0 Å². The van der Waals surface area contributed by atoms with Gasteiger partial charge in [0.05, 0.1) is 0 Å². The van der Waals surface area contributed by atoms with E-state index >= 15 is 0 Å². The summed E-state index contributed by atoms with van der Waals surface area (Å²) in [5.74, 6) is 5.89. The van der Waals surface area contributed by atoms with Crippen LogP contribution < -0.4 is 11.3 Å². The molecule has 0 aliphatic heterocycles. The molecule has 0 heterocycles. The molecule has 0 bridgehead atoms. The van der Waals surface area contributed by atoms with Crippen molar-refractivity contribution in [2.75, 3.05) is 14.1 Å². The third kappa shape index (κ3) is 3.40. The van der Waals surface area contributed by atoms with Crippen molar-refractivity contribution < 1.29 is 0 Å². The molecule has 1 rings (SSSR count). The number of hydrogen-bond donors (Lipinski definition) is 2. The molecule has 1 aromatic carbocycles. The van der Waals surface area contributed by atoms with Gasteiger partial charge in [-0.3, -0.25) is 11.3 Å². The minimum absolute atomic E-state index is 0.0908. The van der Waals surface area contributed by atoms with Crippen molar-refractivity contribution in [3.8, 4) is 0 Å². The highest BCUT2D eigenvalue weighted by molar-refractivity contribution is 5.30. The second-order valence-electron chi connectivity index (χ2n) is 6.05. The van der Waals surface area contributed by atoms with Gasteiger partial charge in [0, 0.05) is 11.6 Å². The smallest absolute Gasteiger partial charge is 0.0434 e. The molecule has 0 fully saturated rings. The standard InChI is InChI=1S/C17H31N3/c1-7-17(8-2,20(5)6)16(19-18)12-15-10-9-13(3)14(4)11-15/h9-11,16,19H,7-8,12,18H2,1-6H3. The van der Waals surface area contributed by atoms with E-state index in [2.05, 4.69) is 70.3 Å². The molecule has 0 saturated carbocycles. The summed E-state index contributed by atoms with van der Waals surface area (Å²) in [6, 6.07) is 6.95. The van der Waals surface area contributed by atoms with Crippen LogP contribution in [-0.4, -0.2) is 30.6 Å². The molecule has 0 aliphatic rings. The summed E-state index contributed by atoms with van der Waals surface area (Å²) in [5.41, 5.74) is 7.20. The fraction of sp³-hybridized carbons (Fsp3) is 0.647. The first-order valence-electron chi connectivity index (χ1n) is 7.61. The molecule has 0 spiro atoms. The van der Waals surface area contributed by atoms with Crippen LogP contribution >= 0.6 is 0 Å². The zero-order valence-corrected chi connectivity index (χ0v) is 14.0. The van der Waals surface area contributed by atoms with Crippen LogP contribution in [0.2, 0.25) is 0 Å². The minimum atomic E-state index is 0.0908.